The summed E-state index contributed by atoms with van der Waals surface area (Å²) in [4.78, 5) is 0. The summed E-state index contributed by atoms with van der Waals surface area (Å²) in [5, 5.41) is 0. The van der Waals surface area contributed by atoms with E-state index in [-0.39, 0.29) is 0 Å². The second-order valence-electron chi connectivity index (χ2n) is 5.72. The Hall–Kier alpha value is 0.430. The second kappa shape index (κ2) is 2.47. The number of hydrogen-bond acceptors (Lipinski definition) is 0. The Morgan fingerprint density at radius 2 is 1.92 bits per heavy atom. The van der Waals surface area contributed by atoms with Gasteiger partial charge < -0.3 is 0 Å². The molecule has 2 rings (SSSR count). The fourth-order valence-electron chi connectivity index (χ4n) is 3.55. The van der Waals surface area contributed by atoms with E-state index in [2.05, 4.69) is 20.5 Å². The standard InChI is InChI=1S/C11H23P/c1-4-10(2)11-9-12(11,3)7-5-6-8-12/h10-11H,4-9H2,1-3H3. The van der Waals surface area contributed by atoms with Crippen LogP contribution in [0.3, 0.4) is 0 Å². The second-order valence-corrected chi connectivity index (χ2v) is 12.5. The van der Waals surface area contributed by atoms with E-state index in [0.29, 0.717) is 0 Å². The van der Waals surface area contributed by atoms with Crippen LogP contribution in [0.25, 0.3) is 0 Å². The van der Waals surface area contributed by atoms with Gasteiger partial charge in [0, 0.05) is 0 Å². The van der Waals surface area contributed by atoms with Gasteiger partial charge in [0.2, 0.25) is 0 Å². The van der Waals surface area contributed by atoms with Crippen LogP contribution in [-0.2, 0) is 0 Å². The Labute approximate surface area is 77.0 Å². The van der Waals surface area contributed by atoms with Crippen molar-refractivity contribution in [2.75, 3.05) is 25.2 Å². The summed E-state index contributed by atoms with van der Waals surface area (Å²) in [6.45, 7) is 6.58. The molecule has 2 aliphatic rings. The van der Waals surface area contributed by atoms with Gasteiger partial charge in [-0.15, -0.1) is 0 Å². The Bertz CT molecular complexity index is 191. The molecule has 2 fully saturated rings. The molecule has 1 heteroatoms. The predicted octanol–water partition coefficient (Wildman–Crippen LogP) is 3.39. The molecule has 0 aromatic carbocycles. The van der Waals surface area contributed by atoms with E-state index in [1.807, 2.05) is 0 Å². The minimum absolute atomic E-state index is 0.967. The summed E-state index contributed by atoms with van der Waals surface area (Å²) in [7, 11) is 0. The van der Waals surface area contributed by atoms with Crippen LogP contribution in [0.2, 0.25) is 0 Å². The maximum atomic E-state index is 2.70. The molecule has 0 aromatic rings. The molecular weight excluding hydrogens is 163 g/mol. The molecule has 0 radical (unpaired) electrons. The minimum atomic E-state index is -0.967. The molecule has 2 unspecified atom stereocenters. The topological polar surface area (TPSA) is 0 Å². The molecule has 1 spiro atoms. The molecule has 2 aliphatic heterocycles. The van der Waals surface area contributed by atoms with Crippen molar-refractivity contribution in [2.45, 2.75) is 38.8 Å². The van der Waals surface area contributed by atoms with Gasteiger partial charge in [-0.1, -0.05) is 0 Å². The van der Waals surface area contributed by atoms with Crippen LogP contribution in [0.15, 0.2) is 0 Å². The molecule has 0 N–H and O–H groups in total. The van der Waals surface area contributed by atoms with Crippen molar-refractivity contribution in [1.29, 1.82) is 0 Å². The van der Waals surface area contributed by atoms with Gasteiger partial charge in [0.1, 0.15) is 0 Å². The van der Waals surface area contributed by atoms with Crippen molar-refractivity contribution >= 4 is 6.60 Å². The molecule has 0 amide bonds. The van der Waals surface area contributed by atoms with Gasteiger partial charge in [0.15, 0.2) is 0 Å². The van der Waals surface area contributed by atoms with Gasteiger partial charge in [0.25, 0.3) is 0 Å². The van der Waals surface area contributed by atoms with E-state index >= 15 is 0 Å². The normalized spacial score (nSPS) is 41.9. The summed E-state index contributed by atoms with van der Waals surface area (Å²) >= 11 is 0. The van der Waals surface area contributed by atoms with E-state index in [4.69, 9.17) is 0 Å². The molecule has 0 saturated carbocycles. The number of rotatable bonds is 2. The first-order chi connectivity index (χ1) is 5.59. The van der Waals surface area contributed by atoms with Gasteiger partial charge in [0.05, 0.1) is 0 Å². The van der Waals surface area contributed by atoms with Gasteiger partial charge in [-0.3, -0.25) is 0 Å². The molecule has 0 bridgehead atoms. The zero-order valence-electron chi connectivity index (χ0n) is 8.84. The SMILES string of the molecule is CCC(C)C1CP12(C)CCCC2. The first-order valence-corrected chi connectivity index (χ1v) is 8.90. The van der Waals surface area contributed by atoms with Crippen molar-refractivity contribution in [3.05, 3.63) is 0 Å². The molecular formula is C11H23P. The van der Waals surface area contributed by atoms with Crippen LogP contribution in [0.5, 0.6) is 0 Å². The molecule has 72 valence electrons. The predicted molar refractivity (Wildman–Crippen MR) is 59.9 cm³/mol. The van der Waals surface area contributed by atoms with E-state index in [1.165, 1.54) is 12.1 Å². The Kier molecular flexibility index (Phi) is 1.85. The van der Waals surface area contributed by atoms with Crippen LogP contribution >= 0.6 is 6.60 Å². The maximum absolute atomic E-state index is 2.70. The zero-order chi connectivity index (χ0) is 8.84. The quantitative estimate of drug-likeness (QED) is 0.580. The Balaban J connectivity index is 2.08. The van der Waals surface area contributed by atoms with Crippen molar-refractivity contribution in [3.63, 3.8) is 0 Å². The van der Waals surface area contributed by atoms with Crippen molar-refractivity contribution in [2.24, 2.45) is 5.92 Å². The van der Waals surface area contributed by atoms with Gasteiger partial charge in [-0.25, -0.2) is 0 Å². The summed E-state index contributed by atoms with van der Waals surface area (Å²) in [5.41, 5.74) is 1.20. The average Bonchev–Trinajstić information content (AvgIpc) is 2.46. The fraction of sp³-hybridized carbons (Fsp3) is 1.00. The van der Waals surface area contributed by atoms with Crippen molar-refractivity contribution < 1.29 is 0 Å². The number of hydrogen-bond donors (Lipinski definition) is 0. The first kappa shape index (κ1) is 9.00. The molecule has 2 atom stereocenters. The van der Waals surface area contributed by atoms with E-state index in [9.17, 15) is 0 Å². The first-order valence-electron chi connectivity index (χ1n) is 5.59. The molecule has 12 heavy (non-hydrogen) atoms. The Morgan fingerprint density at radius 3 is 2.42 bits per heavy atom. The Morgan fingerprint density at radius 1 is 1.33 bits per heavy atom. The zero-order valence-corrected chi connectivity index (χ0v) is 9.74. The molecule has 2 saturated heterocycles. The van der Waals surface area contributed by atoms with Crippen LogP contribution in [0.4, 0.5) is 0 Å². The fourth-order valence-corrected chi connectivity index (χ4v) is 11.5. The van der Waals surface area contributed by atoms with E-state index in [0.717, 1.165) is 5.92 Å². The van der Waals surface area contributed by atoms with Gasteiger partial charge in [-0.05, 0) is 0 Å². The van der Waals surface area contributed by atoms with Gasteiger partial charge in [-0.2, -0.15) is 0 Å². The molecule has 0 aromatic heterocycles. The monoisotopic (exact) mass is 186 g/mol. The third kappa shape index (κ3) is 1.07. The van der Waals surface area contributed by atoms with Crippen molar-refractivity contribution in [3.8, 4) is 0 Å². The van der Waals surface area contributed by atoms with Crippen LogP contribution in [0.1, 0.15) is 33.1 Å². The third-order valence-electron chi connectivity index (χ3n) is 4.84. The molecule has 2 heterocycles. The van der Waals surface area contributed by atoms with Gasteiger partial charge >= 0.3 is 76.4 Å². The van der Waals surface area contributed by atoms with E-state index < -0.39 is 6.60 Å². The van der Waals surface area contributed by atoms with Crippen molar-refractivity contribution in [1.82, 2.24) is 0 Å². The summed E-state index contributed by atoms with van der Waals surface area (Å²) in [6, 6.07) is 0. The third-order valence-corrected chi connectivity index (χ3v) is 11.9. The van der Waals surface area contributed by atoms with Crippen LogP contribution < -0.4 is 0 Å². The molecule has 0 nitrogen and oxygen atoms in total. The van der Waals surface area contributed by atoms with Crippen LogP contribution in [-0.4, -0.2) is 30.8 Å². The molecule has 0 aliphatic carbocycles. The average molecular weight is 186 g/mol. The summed E-state index contributed by atoms with van der Waals surface area (Å²) in [5.74, 6) is 1.03. The van der Waals surface area contributed by atoms with E-state index in [1.54, 1.807) is 31.3 Å². The summed E-state index contributed by atoms with van der Waals surface area (Å²) in [6.07, 6.45) is 9.50. The summed E-state index contributed by atoms with van der Waals surface area (Å²) < 4.78 is 0. The van der Waals surface area contributed by atoms with Crippen LogP contribution in [0, 0.1) is 5.92 Å².